The molecule has 0 atom stereocenters. The van der Waals surface area contributed by atoms with Crippen molar-refractivity contribution < 1.29 is 19.1 Å². The minimum Gasteiger partial charge on any atom is -0.464 e. The van der Waals surface area contributed by atoms with Crippen LogP contribution in [0.4, 0.5) is 11.4 Å². The number of hydrogen-bond donors (Lipinski definition) is 1. The summed E-state index contributed by atoms with van der Waals surface area (Å²) in [6.07, 6.45) is 0. The van der Waals surface area contributed by atoms with Crippen LogP contribution in [0.3, 0.4) is 0 Å². The number of rotatable bonds is 5. The van der Waals surface area contributed by atoms with Crippen molar-refractivity contribution in [3.05, 3.63) is 70.2 Å². The lowest BCUT2D eigenvalue weighted by atomic mass is 9.92. The second-order valence-corrected chi connectivity index (χ2v) is 7.49. The van der Waals surface area contributed by atoms with Gasteiger partial charge in [0.2, 0.25) is 0 Å². The van der Waals surface area contributed by atoms with Gasteiger partial charge < -0.3 is 10.1 Å². The van der Waals surface area contributed by atoms with Crippen molar-refractivity contribution in [1.29, 1.82) is 0 Å². The van der Waals surface area contributed by atoms with Gasteiger partial charge >= 0.3 is 5.97 Å². The van der Waals surface area contributed by atoms with Crippen LogP contribution in [-0.4, -0.2) is 30.9 Å². The molecule has 3 aromatic carbocycles. The van der Waals surface area contributed by atoms with E-state index >= 15 is 0 Å². The molecule has 4 rings (SSSR count). The summed E-state index contributed by atoms with van der Waals surface area (Å²) in [6.45, 7) is 2.01. The van der Waals surface area contributed by atoms with E-state index in [9.17, 15) is 14.4 Å². The number of carbonyl (C=O) groups excluding carboxylic acids is 3. The van der Waals surface area contributed by atoms with Gasteiger partial charge in [0.05, 0.1) is 5.69 Å². The van der Waals surface area contributed by atoms with Gasteiger partial charge in [-0.1, -0.05) is 28.1 Å². The van der Waals surface area contributed by atoms with Crippen LogP contribution in [0, 0.1) is 0 Å². The molecule has 0 bridgehead atoms. The number of halogens is 1. The molecule has 0 unspecified atom stereocenters. The van der Waals surface area contributed by atoms with E-state index in [1.165, 1.54) is 11.8 Å². The molecule has 2 amide bonds. The van der Waals surface area contributed by atoms with Crippen LogP contribution >= 0.6 is 15.9 Å². The van der Waals surface area contributed by atoms with Gasteiger partial charge in [-0.25, -0.2) is 4.90 Å². The number of carbonyl (C=O) groups is 3. The summed E-state index contributed by atoms with van der Waals surface area (Å²) in [4.78, 5) is 38.4. The fourth-order valence-electron chi connectivity index (χ4n) is 3.46. The third kappa shape index (κ3) is 3.49. The first-order valence-corrected chi connectivity index (χ1v) is 9.84. The molecule has 0 radical (unpaired) electrons. The van der Waals surface area contributed by atoms with Gasteiger partial charge in [0.1, 0.15) is 6.61 Å². The molecule has 1 aliphatic rings. The van der Waals surface area contributed by atoms with Crippen molar-refractivity contribution in [1.82, 2.24) is 0 Å². The van der Waals surface area contributed by atoms with Crippen molar-refractivity contribution in [3.63, 3.8) is 0 Å². The van der Waals surface area contributed by atoms with Crippen LogP contribution in [0.25, 0.3) is 10.8 Å². The molecule has 1 aliphatic heterocycles. The maximum absolute atomic E-state index is 13.2. The lowest BCUT2D eigenvalue weighted by Gasteiger charge is -2.28. The fourth-order valence-corrected chi connectivity index (χ4v) is 3.72. The molecule has 0 saturated heterocycles. The number of hydrogen-bond acceptors (Lipinski definition) is 5. The molecule has 146 valence electrons. The number of ether oxygens (including phenoxy) is 1. The van der Waals surface area contributed by atoms with E-state index in [4.69, 9.17) is 4.74 Å². The summed E-state index contributed by atoms with van der Waals surface area (Å²) in [7, 11) is 0. The number of benzene rings is 3. The minimum absolute atomic E-state index is 0.230. The third-order valence-corrected chi connectivity index (χ3v) is 5.24. The third-order valence-electron chi connectivity index (χ3n) is 4.72. The van der Waals surface area contributed by atoms with Crippen LogP contribution < -0.4 is 10.2 Å². The summed E-state index contributed by atoms with van der Waals surface area (Å²) in [5.74, 6) is -1.05. The molecule has 0 aliphatic carbocycles. The summed E-state index contributed by atoms with van der Waals surface area (Å²) in [5.41, 5.74) is 2.25. The maximum Gasteiger partial charge on any atom is 0.302 e. The monoisotopic (exact) mass is 452 g/mol. The number of nitrogens with one attached hydrogen (secondary N) is 1. The van der Waals surface area contributed by atoms with Gasteiger partial charge in [-0.2, -0.15) is 0 Å². The summed E-state index contributed by atoms with van der Waals surface area (Å²) < 4.78 is 5.81. The van der Waals surface area contributed by atoms with Gasteiger partial charge in [0, 0.05) is 45.5 Å². The van der Waals surface area contributed by atoms with Gasteiger partial charge in [0.25, 0.3) is 11.8 Å². The first-order valence-electron chi connectivity index (χ1n) is 9.04. The molecular formula is C22H17BrN2O4. The van der Waals surface area contributed by atoms with E-state index in [1.807, 2.05) is 12.1 Å². The zero-order valence-corrected chi connectivity index (χ0v) is 17.2. The Morgan fingerprint density at radius 1 is 1.00 bits per heavy atom. The second kappa shape index (κ2) is 7.67. The van der Waals surface area contributed by atoms with Crippen molar-refractivity contribution >= 4 is 55.9 Å². The first kappa shape index (κ1) is 19.1. The van der Waals surface area contributed by atoms with Crippen molar-refractivity contribution in [2.75, 3.05) is 23.4 Å². The highest BCUT2D eigenvalue weighted by atomic mass is 79.9. The summed E-state index contributed by atoms with van der Waals surface area (Å²) in [6, 6.07) is 16.0. The Morgan fingerprint density at radius 2 is 1.69 bits per heavy atom. The molecule has 1 heterocycles. The highest BCUT2D eigenvalue weighted by Crippen LogP contribution is 2.36. The Morgan fingerprint density at radius 3 is 2.38 bits per heavy atom. The second-order valence-electron chi connectivity index (χ2n) is 6.58. The average molecular weight is 453 g/mol. The van der Waals surface area contributed by atoms with E-state index in [1.54, 1.807) is 42.5 Å². The molecule has 0 spiro atoms. The Bertz CT molecular complexity index is 1120. The average Bonchev–Trinajstić information content (AvgIpc) is 2.71. The SMILES string of the molecule is CC(=O)OCCNc1ccc2c3c(cccc13)C(=O)N(c1ccc(Br)cc1)C2=O. The molecule has 29 heavy (non-hydrogen) atoms. The molecule has 1 N–H and O–H groups in total. The van der Waals surface area contributed by atoms with Gasteiger partial charge in [0.15, 0.2) is 0 Å². The molecule has 0 aromatic heterocycles. The van der Waals surface area contributed by atoms with Crippen LogP contribution in [0.1, 0.15) is 27.6 Å². The lowest BCUT2D eigenvalue weighted by Crippen LogP contribution is -2.40. The lowest BCUT2D eigenvalue weighted by molar-refractivity contribution is -0.140. The van der Waals surface area contributed by atoms with Crippen molar-refractivity contribution in [3.8, 4) is 0 Å². The van der Waals surface area contributed by atoms with Gasteiger partial charge in [-0.05, 0) is 42.5 Å². The topological polar surface area (TPSA) is 75.7 Å². The molecular weight excluding hydrogens is 436 g/mol. The molecule has 3 aromatic rings. The Kier molecular flexibility index (Phi) is 5.07. The quantitative estimate of drug-likeness (QED) is 0.353. The number of esters is 1. The van der Waals surface area contributed by atoms with Gasteiger partial charge in [-0.3, -0.25) is 14.4 Å². The van der Waals surface area contributed by atoms with E-state index in [-0.39, 0.29) is 24.4 Å². The van der Waals surface area contributed by atoms with Crippen LogP contribution in [0.2, 0.25) is 0 Å². The van der Waals surface area contributed by atoms with Crippen LogP contribution in [0.15, 0.2) is 59.1 Å². The Balaban J connectivity index is 1.74. The highest BCUT2D eigenvalue weighted by Gasteiger charge is 2.34. The zero-order chi connectivity index (χ0) is 20.5. The molecule has 6 nitrogen and oxygen atoms in total. The maximum atomic E-state index is 13.2. The van der Waals surface area contributed by atoms with E-state index in [0.29, 0.717) is 28.7 Å². The Labute approximate surface area is 175 Å². The first-order chi connectivity index (χ1) is 14.0. The number of imide groups is 1. The predicted octanol–water partition coefficient (Wildman–Crippen LogP) is 4.38. The van der Waals surface area contributed by atoms with Crippen molar-refractivity contribution in [2.24, 2.45) is 0 Å². The minimum atomic E-state index is -0.354. The van der Waals surface area contributed by atoms with Crippen LogP contribution in [-0.2, 0) is 9.53 Å². The summed E-state index contributed by atoms with van der Waals surface area (Å²) >= 11 is 3.37. The number of amides is 2. The zero-order valence-electron chi connectivity index (χ0n) is 15.6. The fraction of sp³-hybridized carbons (Fsp3) is 0.136. The molecule has 0 fully saturated rings. The largest absolute Gasteiger partial charge is 0.464 e. The van der Waals surface area contributed by atoms with Gasteiger partial charge in [-0.15, -0.1) is 0 Å². The summed E-state index contributed by atoms with van der Waals surface area (Å²) in [5, 5.41) is 4.62. The molecule has 7 heteroatoms. The smallest absolute Gasteiger partial charge is 0.302 e. The molecule has 0 saturated carbocycles. The highest BCUT2D eigenvalue weighted by molar-refractivity contribution is 9.10. The number of anilines is 2. The van der Waals surface area contributed by atoms with Crippen LogP contribution in [0.5, 0.6) is 0 Å². The standard InChI is InChI=1S/C22H17BrN2O4/c1-13(26)29-12-11-24-19-10-9-18-20-16(19)3-2-4-17(20)21(27)25(22(18)28)15-7-5-14(23)6-8-15/h2-10,24H,11-12H2,1H3. The predicted molar refractivity (Wildman–Crippen MR) is 114 cm³/mol. The normalized spacial score (nSPS) is 13.0. The van der Waals surface area contributed by atoms with E-state index < -0.39 is 0 Å². The number of nitrogens with zero attached hydrogens (tertiary/aromatic N) is 1. The Hall–Kier alpha value is -3.19. The van der Waals surface area contributed by atoms with E-state index in [2.05, 4.69) is 21.2 Å². The van der Waals surface area contributed by atoms with E-state index in [0.717, 1.165) is 15.5 Å². The van der Waals surface area contributed by atoms with Crippen molar-refractivity contribution in [2.45, 2.75) is 6.92 Å².